The minimum absolute atomic E-state index is 0.358. The van der Waals surface area contributed by atoms with Crippen LogP contribution < -0.4 is 5.73 Å². The molecule has 0 amide bonds. The average Bonchev–Trinajstić information content (AvgIpc) is 2.35. The summed E-state index contributed by atoms with van der Waals surface area (Å²) in [5.41, 5.74) is 6.70. The number of carbonyl (C=O) groups excluding carboxylic acids is 1. The molecule has 0 fully saturated rings. The minimum atomic E-state index is -0.747. The lowest BCUT2D eigenvalue weighted by molar-refractivity contribution is 0.0390. The fourth-order valence-electron chi connectivity index (χ4n) is 1.79. The summed E-state index contributed by atoms with van der Waals surface area (Å²) >= 11 is 0. The third-order valence-corrected chi connectivity index (χ3v) is 2.95. The van der Waals surface area contributed by atoms with Crippen LogP contribution in [-0.4, -0.2) is 24.3 Å². The number of aliphatic hydroxyl groups is 1. The van der Waals surface area contributed by atoms with E-state index < -0.39 is 18.1 Å². The highest BCUT2D eigenvalue weighted by Crippen LogP contribution is 2.30. The molecule has 0 unspecified atom stereocenters. The molecule has 1 aromatic rings. The Morgan fingerprint density at radius 3 is 2.39 bits per heavy atom. The standard InChI is InChI=1S/C14H21NO3/c1-14(2,3)12(16)11(15)9-7-5-6-8-10(9)13(17)18-4/h5-8,11-12,16H,15H2,1-4H3/t11-,12-/m1/s1. The van der Waals surface area contributed by atoms with Gasteiger partial charge in [-0.25, -0.2) is 4.79 Å². The summed E-state index contributed by atoms with van der Waals surface area (Å²) < 4.78 is 4.72. The molecule has 3 N–H and O–H groups in total. The summed E-state index contributed by atoms with van der Waals surface area (Å²) in [5, 5.41) is 10.2. The van der Waals surface area contributed by atoms with Gasteiger partial charge in [0, 0.05) is 0 Å². The highest BCUT2D eigenvalue weighted by Gasteiger charge is 2.31. The van der Waals surface area contributed by atoms with E-state index in [9.17, 15) is 9.90 Å². The molecule has 1 aromatic carbocycles. The number of rotatable bonds is 3. The van der Waals surface area contributed by atoms with Crippen LogP contribution >= 0.6 is 0 Å². The predicted octanol–water partition coefficient (Wildman–Crippen LogP) is 1.88. The Balaban J connectivity index is 3.13. The van der Waals surface area contributed by atoms with Crippen LogP contribution in [0.4, 0.5) is 0 Å². The van der Waals surface area contributed by atoms with Crippen molar-refractivity contribution >= 4 is 5.97 Å². The Bertz CT molecular complexity index is 423. The van der Waals surface area contributed by atoms with Crippen LogP contribution in [0.25, 0.3) is 0 Å². The van der Waals surface area contributed by atoms with E-state index in [0.29, 0.717) is 11.1 Å². The first kappa shape index (κ1) is 14.7. The van der Waals surface area contributed by atoms with Gasteiger partial charge in [0.1, 0.15) is 0 Å². The number of esters is 1. The smallest absolute Gasteiger partial charge is 0.338 e. The maximum atomic E-state index is 11.7. The number of aliphatic hydroxyl groups excluding tert-OH is 1. The van der Waals surface area contributed by atoms with E-state index in [0.717, 1.165) is 0 Å². The molecule has 4 heteroatoms. The van der Waals surface area contributed by atoms with E-state index in [1.54, 1.807) is 24.3 Å². The normalized spacial score (nSPS) is 15.0. The van der Waals surface area contributed by atoms with Crippen molar-refractivity contribution in [3.63, 3.8) is 0 Å². The number of hydrogen-bond acceptors (Lipinski definition) is 4. The zero-order valence-corrected chi connectivity index (χ0v) is 11.3. The summed E-state index contributed by atoms with van der Waals surface area (Å²) in [7, 11) is 1.32. The maximum Gasteiger partial charge on any atom is 0.338 e. The summed E-state index contributed by atoms with van der Waals surface area (Å²) in [5.74, 6) is -0.442. The number of methoxy groups -OCH3 is 1. The first-order valence-corrected chi connectivity index (χ1v) is 5.90. The lowest BCUT2D eigenvalue weighted by Gasteiger charge is -2.31. The van der Waals surface area contributed by atoms with Gasteiger partial charge in [0.25, 0.3) is 0 Å². The number of hydrogen-bond donors (Lipinski definition) is 2. The summed E-state index contributed by atoms with van der Waals surface area (Å²) in [6.45, 7) is 5.70. The van der Waals surface area contributed by atoms with Gasteiger partial charge in [-0.15, -0.1) is 0 Å². The van der Waals surface area contributed by atoms with Crippen molar-refractivity contribution in [2.24, 2.45) is 11.1 Å². The van der Waals surface area contributed by atoms with Crippen LogP contribution in [-0.2, 0) is 4.74 Å². The van der Waals surface area contributed by atoms with Gasteiger partial charge in [0.15, 0.2) is 0 Å². The fraction of sp³-hybridized carbons (Fsp3) is 0.500. The van der Waals surface area contributed by atoms with Crippen LogP contribution in [0.3, 0.4) is 0 Å². The zero-order valence-electron chi connectivity index (χ0n) is 11.3. The van der Waals surface area contributed by atoms with Crippen molar-refractivity contribution in [1.29, 1.82) is 0 Å². The largest absolute Gasteiger partial charge is 0.465 e. The summed E-state index contributed by atoms with van der Waals surface area (Å²) in [4.78, 5) is 11.7. The molecule has 0 bridgehead atoms. The Morgan fingerprint density at radius 2 is 1.89 bits per heavy atom. The monoisotopic (exact) mass is 251 g/mol. The van der Waals surface area contributed by atoms with Gasteiger partial charge in [0.05, 0.1) is 24.8 Å². The molecule has 100 valence electrons. The van der Waals surface area contributed by atoms with Crippen molar-refractivity contribution < 1.29 is 14.6 Å². The molecule has 0 aliphatic heterocycles. The highest BCUT2D eigenvalue weighted by molar-refractivity contribution is 5.91. The van der Waals surface area contributed by atoms with Gasteiger partial charge in [0.2, 0.25) is 0 Å². The fourth-order valence-corrected chi connectivity index (χ4v) is 1.79. The number of nitrogens with two attached hydrogens (primary N) is 1. The van der Waals surface area contributed by atoms with Crippen molar-refractivity contribution in [3.05, 3.63) is 35.4 Å². The molecule has 0 aromatic heterocycles. The third-order valence-electron chi connectivity index (χ3n) is 2.95. The summed E-state index contributed by atoms with van der Waals surface area (Å²) in [6.07, 6.45) is -0.747. The second kappa shape index (κ2) is 5.50. The molecule has 0 radical (unpaired) electrons. The van der Waals surface area contributed by atoms with E-state index in [1.165, 1.54) is 7.11 Å². The third kappa shape index (κ3) is 3.09. The minimum Gasteiger partial charge on any atom is -0.465 e. The van der Waals surface area contributed by atoms with Crippen LogP contribution in [0.2, 0.25) is 0 Å². The lowest BCUT2D eigenvalue weighted by Crippen LogP contribution is -2.37. The molecule has 0 saturated heterocycles. The number of ether oxygens (including phenoxy) is 1. The molecule has 0 saturated carbocycles. The Hall–Kier alpha value is -1.39. The molecule has 18 heavy (non-hydrogen) atoms. The van der Waals surface area contributed by atoms with Crippen LogP contribution in [0, 0.1) is 5.41 Å². The molecule has 0 aliphatic carbocycles. The SMILES string of the molecule is COC(=O)c1ccccc1[C@@H](N)[C@@H](O)C(C)(C)C. The molecule has 0 aliphatic rings. The maximum absolute atomic E-state index is 11.7. The van der Waals surface area contributed by atoms with Gasteiger partial charge < -0.3 is 15.6 Å². The van der Waals surface area contributed by atoms with Gasteiger partial charge in [-0.2, -0.15) is 0 Å². The van der Waals surface area contributed by atoms with Crippen molar-refractivity contribution in [2.75, 3.05) is 7.11 Å². The molecule has 2 atom stereocenters. The topological polar surface area (TPSA) is 72.5 Å². The van der Waals surface area contributed by atoms with Gasteiger partial charge in [-0.1, -0.05) is 39.0 Å². The lowest BCUT2D eigenvalue weighted by atomic mass is 9.81. The van der Waals surface area contributed by atoms with Crippen molar-refractivity contribution in [3.8, 4) is 0 Å². The summed E-state index contributed by atoms with van der Waals surface area (Å²) in [6, 6.07) is 6.30. The average molecular weight is 251 g/mol. The quantitative estimate of drug-likeness (QED) is 0.804. The second-order valence-electron chi connectivity index (χ2n) is 5.42. The van der Waals surface area contributed by atoms with Crippen molar-refractivity contribution in [1.82, 2.24) is 0 Å². The first-order valence-electron chi connectivity index (χ1n) is 5.90. The van der Waals surface area contributed by atoms with E-state index in [1.807, 2.05) is 20.8 Å². The van der Waals surface area contributed by atoms with Crippen molar-refractivity contribution in [2.45, 2.75) is 32.9 Å². The Morgan fingerprint density at radius 1 is 1.33 bits per heavy atom. The highest BCUT2D eigenvalue weighted by atomic mass is 16.5. The molecular weight excluding hydrogens is 230 g/mol. The van der Waals surface area contributed by atoms with E-state index >= 15 is 0 Å². The van der Waals surface area contributed by atoms with E-state index in [4.69, 9.17) is 10.5 Å². The van der Waals surface area contributed by atoms with Crippen LogP contribution in [0.1, 0.15) is 42.7 Å². The number of carbonyl (C=O) groups is 1. The zero-order chi connectivity index (χ0) is 13.9. The second-order valence-corrected chi connectivity index (χ2v) is 5.42. The Kier molecular flexibility index (Phi) is 4.48. The molecular formula is C14H21NO3. The van der Waals surface area contributed by atoms with E-state index in [-0.39, 0.29) is 5.41 Å². The Labute approximate surface area is 108 Å². The first-order chi connectivity index (χ1) is 8.29. The number of benzene rings is 1. The van der Waals surface area contributed by atoms with E-state index in [2.05, 4.69) is 0 Å². The molecule has 1 rings (SSSR count). The molecule has 0 spiro atoms. The van der Waals surface area contributed by atoms with Gasteiger partial charge >= 0.3 is 5.97 Å². The van der Waals surface area contributed by atoms with Crippen LogP contribution in [0.15, 0.2) is 24.3 Å². The van der Waals surface area contributed by atoms with Gasteiger partial charge in [-0.05, 0) is 17.0 Å². The predicted molar refractivity (Wildman–Crippen MR) is 70.2 cm³/mol. The van der Waals surface area contributed by atoms with Gasteiger partial charge in [-0.3, -0.25) is 0 Å². The molecule has 0 heterocycles. The van der Waals surface area contributed by atoms with Crippen LogP contribution in [0.5, 0.6) is 0 Å². The molecule has 4 nitrogen and oxygen atoms in total.